The second-order valence-corrected chi connectivity index (χ2v) is 8.26. The van der Waals surface area contributed by atoms with Crippen molar-refractivity contribution in [1.82, 2.24) is 0 Å². The molecule has 0 spiro atoms. The van der Waals surface area contributed by atoms with Crippen LogP contribution in [-0.4, -0.2) is 11.1 Å². The Hall–Kier alpha value is -2.50. The van der Waals surface area contributed by atoms with Gasteiger partial charge in [-0.1, -0.05) is 24.3 Å². The molecule has 2 saturated carbocycles. The van der Waals surface area contributed by atoms with Gasteiger partial charge in [-0.15, -0.1) is 0 Å². The van der Waals surface area contributed by atoms with Gasteiger partial charge in [-0.25, -0.2) is 4.79 Å². The molecule has 3 aliphatic rings. The summed E-state index contributed by atoms with van der Waals surface area (Å²) in [6, 6.07) is 10.5. The molecule has 2 aromatic carbocycles. The second-order valence-electron chi connectivity index (χ2n) is 8.26. The Kier molecular flexibility index (Phi) is 3.77. The monoisotopic (exact) mass is 387 g/mol. The molecule has 2 aliphatic carbocycles. The van der Waals surface area contributed by atoms with Gasteiger partial charge in [-0.05, 0) is 72.3 Å². The standard InChI is InChI=1S/C22H20F3NO2/c23-22(24,25)14-4-1-3-13(10-14)19-18-12-8-7-11(9-12)17(18)15-5-2-6-16(21(27)28)20(15)26-19/h1-6,10-12,17-19,26H,7-9H2,(H,27,28)/t11-,12+,17-,18-,19+/m0/s1. The molecule has 0 unspecified atom stereocenters. The summed E-state index contributed by atoms with van der Waals surface area (Å²) in [5.41, 5.74) is 1.70. The van der Waals surface area contributed by atoms with Crippen molar-refractivity contribution in [2.75, 3.05) is 5.32 Å². The Morgan fingerprint density at radius 3 is 2.57 bits per heavy atom. The van der Waals surface area contributed by atoms with Crippen molar-refractivity contribution in [2.24, 2.45) is 17.8 Å². The number of anilines is 1. The number of hydrogen-bond donors (Lipinski definition) is 2. The average molecular weight is 387 g/mol. The molecule has 28 heavy (non-hydrogen) atoms. The number of halogens is 3. The van der Waals surface area contributed by atoms with Crippen molar-refractivity contribution in [2.45, 2.75) is 37.4 Å². The molecule has 2 bridgehead atoms. The SMILES string of the molecule is O=C(O)c1cccc2c1N[C@H](c1cccc(C(F)(F)F)c1)[C@H]1[C@@H]3CC[C@@H](C3)[C@@H]21. The van der Waals surface area contributed by atoms with Crippen LogP contribution >= 0.6 is 0 Å². The van der Waals surface area contributed by atoms with E-state index < -0.39 is 17.7 Å². The number of nitrogens with one attached hydrogen (secondary N) is 1. The molecule has 2 aromatic rings. The molecule has 1 aliphatic heterocycles. The summed E-state index contributed by atoms with van der Waals surface area (Å²) in [5.74, 6) is 0.318. The Balaban J connectivity index is 1.65. The minimum absolute atomic E-state index is 0.190. The highest BCUT2D eigenvalue weighted by atomic mass is 19.4. The highest BCUT2D eigenvalue weighted by Crippen LogP contribution is 2.64. The van der Waals surface area contributed by atoms with Crippen LogP contribution in [0, 0.1) is 17.8 Å². The minimum atomic E-state index is -4.40. The number of carbonyl (C=O) groups is 1. The number of benzene rings is 2. The Morgan fingerprint density at radius 1 is 1.07 bits per heavy atom. The summed E-state index contributed by atoms with van der Waals surface area (Å²) < 4.78 is 39.8. The van der Waals surface area contributed by atoms with E-state index >= 15 is 0 Å². The Bertz CT molecular complexity index is 955. The Labute approximate surface area is 160 Å². The average Bonchev–Trinajstić information content (AvgIpc) is 3.28. The first-order valence-electron chi connectivity index (χ1n) is 9.64. The van der Waals surface area contributed by atoms with Crippen molar-refractivity contribution >= 4 is 11.7 Å². The normalized spacial score (nSPS) is 30.5. The first kappa shape index (κ1) is 17.6. The molecule has 0 aromatic heterocycles. The van der Waals surface area contributed by atoms with E-state index in [1.807, 2.05) is 6.07 Å². The first-order valence-corrected chi connectivity index (χ1v) is 9.64. The highest BCUT2D eigenvalue weighted by molar-refractivity contribution is 5.95. The lowest BCUT2D eigenvalue weighted by atomic mass is 9.67. The minimum Gasteiger partial charge on any atom is -0.478 e. The molecular weight excluding hydrogens is 367 g/mol. The van der Waals surface area contributed by atoms with Crippen LogP contribution in [0.5, 0.6) is 0 Å². The molecule has 5 rings (SSSR count). The summed E-state index contributed by atoms with van der Waals surface area (Å²) in [7, 11) is 0. The third-order valence-electron chi connectivity index (χ3n) is 6.92. The van der Waals surface area contributed by atoms with Gasteiger partial charge in [-0.2, -0.15) is 13.2 Å². The van der Waals surface area contributed by atoms with Crippen LogP contribution < -0.4 is 5.32 Å². The van der Waals surface area contributed by atoms with Gasteiger partial charge in [0.25, 0.3) is 0 Å². The third kappa shape index (κ3) is 2.54. The summed E-state index contributed by atoms with van der Waals surface area (Å²) in [6.07, 6.45) is -1.12. The van der Waals surface area contributed by atoms with E-state index in [9.17, 15) is 23.1 Å². The van der Waals surface area contributed by atoms with Crippen LogP contribution in [0.3, 0.4) is 0 Å². The molecule has 5 atom stereocenters. The van der Waals surface area contributed by atoms with Crippen LogP contribution in [0.25, 0.3) is 0 Å². The fourth-order valence-corrected chi connectivity index (χ4v) is 5.93. The maximum atomic E-state index is 13.3. The van der Waals surface area contributed by atoms with E-state index in [0.29, 0.717) is 23.1 Å². The molecular formula is C22H20F3NO2. The lowest BCUT2D eigenvalue weighted by Crippen LogP contribution is -2.36. The number of fused-ring (bicyclic) bond motifs is 7. The van der Waals surface area contributed by atoms with Crippen molar-refractivity contribution in [3.8, 4) is 0 Å². The molecule has 0 radical (unpaired) electrons. The third-order valence-corrected chi connectivity index (χ3v) is 6.92. The van der Waals surface area contributed by atoms with E-state index in [1.165, 1.54) is 12.1 Å². The number of carboxylic acids is 1. The quantitative estimate of drug-likeness (QED) is 0.695. The largest absolute Gasteiger partial charge is 0.478 e. The van der Waals surface area contributed by atoms with Gasteiger partial charge >= 0.3 is 12.1 Å². The lowest BCUT2D eigenvalue weighted by molar-refractivity contribution is -0.137. The predicted octanol–water partition coefficient (Wildman–Crippen LogP) is 5.70. The molecule has 146 valence electrons. The molecule has 2 N–H and O–H groups in total. The number of hydrogen-bond acceptors (Lipinski definition) is 2. The van der Waals surface area contributed by atoms with Gasteiger partial charge in [0.1, 0.15) is 0 Å². The summed E-state index contributed by atoms with van der Waals surface area (Å²) in [6.45, 7) is 0. The second kappa shape index (κ2) is 6.00. The van der Waals surface area contributed by atoms with Crippen molar-refractivity contribution < 1.29 is 23.1 Å². The predicted molar refractivity (Wildman–Crippen MR) is 98.3 cm³/mol. The van der Waals surface area contributed by atoms with Crippen LogP contribution in [-0.2, 0) is 6.18 Å². The van der Waals surface area contributed by atoms with E-state index in [2.05, 4.69) is 5.32 Å². The summed E-state index contributed by atoms with van der Waals surface area (Å²) in [5, 5.41) is 13.0. The van der Waals surface area contributed by atoms with E-state index in [4.69, 9.17) is 0 Å². The van der Waals surface area contributed by atoms with Crippen LogP contribution in [0.2, 0.25) is 0 Å². The van der Waals surface area contributed by atoms with Gasteiger partial charge in [0.05, 0.1) is 22.9 Å². The van der Waals surface area contributed by atoms with Gasteiger partial charge in [0.2, 0.25) is 0 Å². The summed E-state index contributed by atoms with van der Waals surface area (Å²) in [4.78, 5) is 11.8. The van der Waals surface area contributed by atoms with Crippen LogP contribution in [0.4, 0.5) is 18.9 Å². The zero-order chi connectivity index (χ0) is 19.6. The van der Waals surface area contributed by atoms with Crippen LogP contribution in [0.1, 0.15) is 58.3 Å². The number of rotatable bonds is 2. The van der Waals surface area contributed by atoms with E-state index in [-0.39, 0.29) is 23.4 Å². The fraction of sp³-hybridized carbons (Fsp3) is 0.409. The lowest BCUT2D eigenvalue weighted by Gasteiger charge is -2.44. The van der Waals surface area contributed by atoms with E-state index in [0.717, 1.165) is 30.9 Å². The number of aromatic carboxylic acids is 1. The molecule has 6 heteroatoms. The molecule has 2 fully saturated rings. The summed E-state index contributed by atoms with van der Waals surface area (Å²) >= 11 is 0. The number of carboxylic acid groups (broad SMARTS) is 1. The van der Waals surface area contributed by atoms with E-state index in [1.54, 1.807) is 18.2 Å². The Morgan fingerprint density at radius 2 is 1.82 bits per heavy atom. The molecule has 0 saturated heterocycles. The van der Waals surface area contributed by atoms with Gasteiger partial charge in [0, 0.05) is 0 Å². The number of para-hydroxylation sites is 1. The fourth-order valence-electron chi connectivity index (χ4n) is 5.93. The highest BCUT2D eigenvalue weighted by Gasteiger charge is 2.54. The van der Waals surface area contributed by atoms with Crippen molar-refractivity contribution in [3.63, 3.8) is 0 Å². The zero-order valence-electron chi connectivity index (χ0n) is 15.0. The maximum absolute atomic E-state index is 13.3. The zero-order valence-corrected chi connectivity index (χ0v) is 15.0. The topological polar surface area (TPSA) is 49.3 Å². The first-order chi connectivity index (χ1) is 13.3. The maximum Gasteiger partial charge on any atom is 0.416 e. The molecule has 3 nitrogen and oxygen atoms in total. The van der Waals surface area contributed by atoms with Crippen LogP contribution in [0.15, 0.2) is 42.5 Å². The smallest absolute Gasteiger partial charge is 0.416 e. The van der Waals surface area contributed by atoms with Gasteiger partial charge in [0.15, 0.2) is 0 Å². The van der Waals surface area contributed by atoms with Gasteiger partial charge in [-0.3, -0.25) is 0 Å². The van der Waals surface area contributed by atoms with Crippen molar-refractivity contribution in [3.05, 3.63) is 64.7 Å². The van der Waals surface area contributed by atoms with Crippen molar-refractivity contribution in [1.29, 1.82) is 0 Å². The van der Waals surface area contributed by atoms with Gasteiger partial charge < -0.3 is 10.4 Å². The number of alkyl halides is 3. The molecule has 1 heterocycles. The molecule has 0 amide bonds.